The molecule has 2 amide bonds. The zero-order valence-corrected chi connectivity index (χ0v) is 9.60. The summed E-state index contributed by atoms with van der Waals surface area (Å²) in [7, 11) is -0.472. The fraction of sp³-hybridized carbons (Fsp3) is 0.857. The van der Waals surface area contributed by atoms with Gasteiger partial charge >= 0.3 is 6.03 Å². The second-order valence-electron chi connectivity index (χ2n) is 3.28. The molecular weight excluding hydrogens is 220 g/mol. The summed E-state index contributed by atoms with van der Waals surface area (Å²) in [6, 6.07) is -0.406. The Morgan fingerprint density at radius 3 is 2.60 bits per heavy atom. The number of carbonyl (C=O) groups excluding carboxylic acids is 1. The van der Waals surface area contributed by atoms with Crippen LogP contribution in [0.1, 0.15) is 6.42 Å². The summed E-state index contributed by atoms with van der Waals surface area (Å²) in [5.74, 6) is 0. The summed E-state index contributed by atoms with van der Waals surface area (Å²) in [5, 5.41) is 5.10. The number of nitrogens with zero attached hydrogens (tertiary/aromatic N) is 1. The van der Waals surface area contributed by atoms with Crippen molar-refractivity contribution in [3.63, 3.8) is 0 Å². The lowest BCUT2D eigenvalue weighted by Gasteiger charge is -2.15. The Balaban J connectivity index is 2.50. The van der Waals surface area contributed by atoms with E-state index in [1.807, 2.05) is 0 Å². The first-order chi connectivity index (χ1) is 6.99. The molecule has 0 aliphatic carbocycles. The van der Waals surface area contributed by atoms with Crippen molar-refractivity contribution in [2.24, 2.45) is 0 Å². The van der Waals surface area contributed by atoms with Gasteiger partial charge < -0.3 is 10.6 Å². The number of hydrogen-bond acceptors (Lipinski definition) is 3. The monoisotopic (exact) mass is 236 g/mol. The second-order valence-corrected chi connectivity index (χ2v) is 5.15. The molecule has 1 unspecified atom stereocenters. The summed E-state index contributed by atoms with van der Waals surface area (Å²) in [4.78, 5) is 11.0. The van der Waals surface area contributed by atoms with Crippen LogP contribution in [0.25, 0.3) is 0 Å². The normalized spacial score (nSPS) is 22.7. The van der Waals surface area contributed by atoms with Crippen LogP contribution >= 0.6 is 0 Å². The molecule has 1 heterocycles. The fourth-order valence-corrected chi connectivity index (χ4v) is 2.43. The third-order valence-electron chi connectivity index (χ3n) is 2.31. The van der Waals surface area contributed by atoms with Gasteiger partial charge in [0, 0.05) is 33.2 Å². The average molecular weight is 236 g/mol. The van der Waals surface area contributed by atoms with Gasteiger partial charge in [-0.25, -0.2) is 9.52 Å². The maximum absolute atomic E-state index is 11.4. The second kappa shape index (κ2) is 4.77. The van der Waals surface area contributed by atoms with Crippen LogP contribution in [0.15, 0.2) is 0 Å². The number of hydrogen-bond donors (Lipinski definition) is 3. The number of nitrogens with one attached hydrogen (secondary N) is 3. The Morgan fingerprint density at radius 2 is 2.07 bits per heavy atom. The van der Waals surface area contributed by atoms with Crippen molar-refractivity contribution in [2.75, 3.05) is 27.2 Å². The molecule has 1 saturated heterocycles. The van der Waals surface area contributed by atoms with Gasteiger partial charge in [0.05, 0.1) is 0 Å². The molecule has 0 radical (unpaired) electrons. The van der Waals surface area contributed by atoms with E-state index in [9.17, 15) is 13.2 Å². The van der Waals surface area contributed by atoms with Crippen molar-refractivity contribution in [3.8, 4) is 0 Å². The molecule has 15 heavy (non-hydrogen) atoms. The average Bonchev–Trinajstić information content (AvgIpc) is 2.66. The molecule has 8 heteroatoms. The van der Waals surface area contributed by atoms with Crippen LogP contribution < -0.4 is 15.4 Å². The maximum atomic E-state index is 11.4. The standard InChI is InChI=1S/C7H16N4O3S/c1-8-7(12)10-6-3-4-11(5-6)15(13,14)9-2/h6,9H,3-5H2,1-2H3,(H2,8,10,12). The molecule has 0 spiro atoms. The molecule has 88 valence electrons. The van der Waals surface area contributed by atoms with Crippen molar-refractivity contribution in [2.45, 2.75) is 12.5 Å². The molecule has 3 N–H and O–H groups in total. The Kier molecular flexibility index (Phi) is 3.89. The lowest BCUT2D eigenvalue weighted by Crippen LogP contribution is -2.44. The van der Waals surface area contributed by atoms with Gasteiger partial charge in [0.25, 0.3) is 10.2 Å². The van der Waals surface area contributed by atoms with Gasteiger partial charge in [0.15, 0.2) is 0 Å². The highest BCUT2D eigenvalue weighted by Crippen LogP contribution is 2.11. The first kappa shape index (κ1) is 12.2. The molecule has 0 aromatic heterocycles. The van der Waals surface area contributed by atoms with Crippen molar-refractivity contribution in [1.82, 2.24) is 19.7 Å². The van der Waals surface area contributed by atoms with E-state index in [0.29, 0.717) is 19.5 Å². The molecule has 1 rings (SSSR count). The molecule has 0 aromatic rings. The lowest BCUT2D eigenvalue weighted by molar-refractivity contribution is 0.239. The highest BCUT2D eigenvalue weighted by Gasteiger charge is 2.30. The summed E-state index contributed by atoms with van der Waals surface area (Å²) in [5.41, 5.74) is 0. The molecule has 0 bridgehead atoms. The summed E-state index contributed by atoms with van der Waals surface area (Å²) in [6.07, 6.45) is 0.633. The van der Waals surface area contributed by atoms with Crippen LogP contribution in [0.3, 0.4) is 0 Å². The van der Waals surface area contributed by atoms with Crippen molar-refractivity contribution >= 4 is 16.2 Å². The molecule has 7 nitrogen and oxygen atoms in total. The molecule has 0 saturated carbocycles. The Labute approximate surface area is 89.4 Å². The topological polar surface area (TPSA) is 90.5 Å². The number of amides is 2. The molecule has 1 atom stereocenters. The van der Waals surface area contributed by atoms with Crippen LogP contribution in [0.5, 0.6) is 0 Å². The van der Waals surface area contributed by atoms with Gasteiger partial charge in [-0.15, -0.1) is 0 Å². The SMILES string of the molecule is CNC(=O)NC1CCN(S(=O)(=O)NC)C1. The largest absolute Gasteiger partial charge is 0.341 e. The van der Waals surface area contributed by atoms with E-state index in [-0.39, 0.29) is 12.1 Å². The predicted molar refractivity (Wildman–Crippen MR) is 55.5 cm³/mol. The van der Waals surface area contributed by atoms with Gasteiger partial charge in [-0.1, -0.05) is 0 Å². The minimum atomic E-state index is -3.36. The van der Waals surface area contributed by atoms with Crippen LogP contribution in [0, 0.1) is 0 Å². The minimum absolute atomic E-state index is 0.118. The van der Waals surface area contributed by atoms with Crippen LogP contribution in [0.2, 0.25) is 0 Å². The van der Waals surface area contributed by atoms with E-state index in [4.69, 9.17) is 0 Å². The van der Waals surface area contributed by atoms with Crippen molar-refractivity contribution < 1.29 is 13.2 Å². The Morgan fingerprint density at radius 1 is 1.40 bits per heavy atom. The lowest BCUT2D eigenvalue weighted by atomic mass is 10.3. The molecule has 1 fully saturated rings. The third kappa shape index (κ3) is 3.05. The fourth-order valence-electron chi connectivity index (χ4n) is 1.45. The zero-order valence-electron chi connectivity index (χ0n) is 8.78. The first-order valence-corrected chi connectivity index (χ1v) is 6.10. The molecule has 1 aliphatic heterocycles. The van der Waals surface area contributed by atoms with Gasteiger partial charge in [-0.05, 0) is 6.42 Å². The quantitative estimate of drug-likeness (QED) is 0.554. The Bertz CT molecular complexity index is 329. The number of carbonyl (C=O) groups is 1. The molecular formula is C7H16N4O3S. The van der Waals surface area contributed by atoms with Crippen LogP contribution in [0.4, 0.5) is 4.79 Å². The summed E-state index contributed by atoms with van der Waals surface area (Å²) in [6.45, 7) is 0.744. The smallest absolute Gasteiger partial charge is 0.314 e. The van der Waals surface area contributed by atoms with Gasteiger partial charge in [0.2, 0.25) is 0 Å². The van der Waals surface area contributed by atoms with Crippen LogP contribution in [-0.2, 0) is 10.2 Å². The first-order valence-electron chi connectivity index (χ1n) is 4.66. The zero-order chi connectivity index (χ0) is 11.5. The minimum Gasteiger partial charge on any atom is -0.341 e. The highest BCUT2D eigenvalue weighted by atomic mass is 32.2. The predicted octanol–water partition coefficient (Wildman–Crippen LogP) is -1.55. The van der Waals surface area contributed by atoms with E-state index in [2.05, 4.69) is 15.4 Å². The van der Waals surface area contributed by atoms with E-state index in [0.717, 1.165) is 0 Å². The van der Waals surface area contributed by atoms with E-state index in [1.54, 1.807) is 0 Å². The Hall–Kier alpha value is -0.860. The molecule has 1 aliphatic rings. The number of rotatable bonds is 3. The van der Waals surface area contributed by atoms with Gasteiger partial charge in [-0.3, -0.25) is 0 Å². The van der Waals surface area contributed by atoms with Crippen molar-refractivity contribution in [1.29, 1.82) is 0 Å². The van der Waals surface area contributed by atoms with Gasteiger partial charge in [-0.2, -0.15) is 12.7 Å². The third-order valence-corrected chi connectivity index (χ3v) is 3.84. The van der Waals surface area contributed by atoms with Crippen molar-refractivity contribution in [3.05, 3.63) is 0 Å². The summed E-state index contributed by atoms with van der Waals surface area (Å²) < 4.78 is 26.3. The van der Waals surface area contributed by atoms with Crippen LogP contribution in [-0.4, -0.2) is 52.0 Å². The molecule has 0 aromatic carbocycles. The highest BCUT2D eigenvalue weighted by molar-refractivity contribution is 7.87. The van der Waals surface area contributed by atoms with Gasteiger partial charge in [0.1, 0.15) is 0 Å². The van der Waals surface area contributed by atoms with E-state index >= 15 is 0 Å². The maximum Gasteiger partial charge on any atom is 0.314 e. The van der Waals surface area contributed by atoms with E-state index in [1.165, 1.54) is 18.4 Å². The van der Waals surface area contributed by atoms with E-state index < -0.39 is 10.2 Å². The summed E-state index contributed by atoms with van der Waals surface area (Å²) >= 11 is 0. The number of urea groups is 1.